The van der Waals surface area contributed by atoms with E-state index in [0.29, 0.717) is 5.69 Å². The van der Waals surface area contributed by atoms with Gasteiger partial charge in [-0.2, -0.15) is 5.10 Å². The molecule has 13 heteroatoms. The molecular formula is C19H18N4O8S. The monoisotopic (exact) mass is 462 g/mol. The van der Waals surface area contributed by atoms with Crippen molar-refractivity contribution in [2.24, 2.45) is 5.10 Å². The van der Waals surface area contributed by atoms with Gasteiger partial charge in [0.05, 0.1) is 29.1 Å². The van der Waals surface area contributed by atoms with Crippen molar-refractivity contribution in [3.63, 3.8) is 0 Å². The molecule has 1 amide bonds. The highest BCUT2D eigenvalue weighted by Crippen LogP contribution is 2.24. The van der Waals surface area contributed by atoms with Gasteiger partial charge in [-0.15, -0.1) is 0 Å². The standard InChI is InChI=1S/C19H18N4O8S/c1-4-31-18(30)14-8(2)20-19(32-14)21-15(25)12(9(3)24)22-23-13-10(16(26)27)6-5-7-11(13)17(28)29/h5-7,23H,4H2,1-3H3,(H,26,27)(H,28,29)(H,20,21,25)/b22-12+. The van der Waals surface area contributed by atoms with Crippen LogP contribution in [0.15, 0.2) is 23.3 Å². The van der Waals surface area contributed by atoms with E-state index in [2.05, 4.69) is 20.8 Å². The van der Waals surface area contributed by atoms with Gasteiger partial charge in [-0.05, 0) is 26.0 Å². The molecular weight excluding hydrogens is 444 g/mol. The minimum atomic E-state index is -1.44. The van der Waals surface area contributed by atoms with Crippen LogP contribution in [-0.2, 0) is 14.3 Å². The highest BCUT2D eigenvalue weighted by atomic mass is 32.1. The summed E-state index contributed by atoms with van der Waals surface area (Å²) < 4.78 is 4.90. The van der Waals surface area contributed by atoms with Crippen LogP contribution < -0.4 is 10.7 Å². The van der Waals surface area contributed by atoms with Crippen LogP contribution in [0.3, 0.4) is 0 Å². The summed E-state index contributed by atoms with van der Waals surface area (Å²) in [6.07, 6.45) is 0. The number of Topliss-reactive ketones (excluding diaryl/α,β-unsaturated/α-hetero) is 1. The van der Waals surface area contributed by atoms with Crippen LogP contribution in [0.4, 0.5) is 10.8 Å². The van der Waals surface area contributed by atoms with Crippen LogP contribution >= 0.6 is 11.3 Å². The van der Waals surface area contributed by atoms with Crippen LogP contribution in [0.25, 0.3) is 0 Å². The van der Waals surface area contributed by atoms with E-state index in [4.69, 9.17) is 4.74 Å². The van der Waals surface area contributed by atoms with Gasteiger partial charge in [-0.1, -0.05) is 17.4 Å². The second-order valence-corrected chi connectivity index (χ2v) is 7.07. The molecule has 0 aliphatic rings. The molecule has 2 rings (SSSR count). The van der Waals surface area contributed by atoms with E-state index in [9.17, 15) is 34.2 Å². The molecule has 0 aliphatic heterocycles. The fourth-order valence-electron chi connectivity index (χ4n) is 2.42. The van der Waals surface area contributed by atoms with E-state index in [1.165, 1.54) is 13.0 Å². The number of nitrogens with zero attached hydrogens (tertiary/aromatic N) is 2. The number of carboxylic acids is 2. The number of benzene rings is 1. The smallest absolute Gasteiger partial charge is 0.350 e. The predicted molar refractivity (Wildman–Crippen MR) is 114 cm³/mol. The zero-order valence-corrected chi connectivity index (χ0v) is 17.9. The third-order valence-corrected chi connectivity index (χ3v) is 4.88. The number of carbonyl (C=O) groups excluding carboxylic acids is 3. The number of carboxylic acid groups (broad SMARTS) is 2. The number of anilines is 2. The maximum atomic E-state index is 12.5. The lowest BCUT2D eigenvalue weighted by molar-refractivity contribution is -0.114. The highest BCUT2D eigenvalue weighted by molar-refractivity contribution is 7.17. The summed E-state index contributed by atoms with van der Waals surface area (Å²) in [4.78, 5) is 63.4. The molecule has 1 heterocycles. The van der Waals surface area contributed by atoms with Gasteiger partial charge in [-0.25, -0.2) is 19.4 Å². The molecule has 0 radical (unpaired) electrons. The lowest BCUT2D eigenvalue weighted by Gasteiger charge is -2.10. The van der Waals surface area contributed by atoms with Gasteiger partial charge >= 0.3 is 17.9 Å². The number of rotatable bonds is 9. The summed E-state index contributed by atoms with van der Waals surface area (Å²) in [5, 5.41) is 24.5. The summed E-state index contributed by atoms with van der Waals surface area (Å²) >= 11 is 0.832. The van der Waals surface area contributed by atoms with Crippen molar-refractivity contribution < 1.29 is 38.9 Å². The van der Waals surface area contributed by atoms with Crippen molar-refractivity contribution >= 4 is 57.5 Å². The van der Waals surface area contributed by atoms with E-state index in [0.717, 1.165) is 30.4 Å². The molecule has 0 aliphatic carbocycles. The van der Waals surface area contributed by atoms with Crippen molar-refractivity contribution in [3.05, 3.63) is 39.9 Å². The van der Waals surface area contributed by atoms with Gasteiger partial charge in [0.2, 0.25) is 0 Å². The van der Waals surface area contributed by atoms with Crippen molar-refractivity contribution in [1.29, 1.82) is 0 Å². The van der Waals surface area contributed by atoms with Gasteiger partial charge in [-0.3, -0.25) is 20.3 Å². The third kappa shape index (κ3) is 5.51. The number of carbonyl (C=O) groups is 5. The number of hydrogen-bond donors (Lipinski definition) is 4. The largest absolute Gasteiger partial charge is 0.478 e. The van der Waals surface area contributed by atoms with Crippen molar-refractivity contribution in [2.45, 2.75) is 20.8 Å². The molecule has 0 spiro atoms. The fraction of sp³-hybridized carbons (Fsp3) is 0.211. The zero-order valence-electron chi connectivity index (χ0n) is 17.1. The Morgan fingerprint density at radius 2 is 1.72 bits per heavy atom. The Morgan fingerprint density at radius 1 is 1.12 bits per heavy atom. The lowest BCUT2D eigenvalue weighted by atomic mass is 10.1. The number of aryl methyl sites for hydroxylation is 1. The first-order valence-electron chi connectivity index (χ1n) is 8.96. The number of amides is 1. The number of para-hydroxylation sites is 1. The Labute approximate surface area is 184 Å². The molecule has 0 atom stereocenters. The van der Waals surface area contributed by atoms with E-state index >= 15 is 0 Å². The number of aromatic nitrogens is 1. The lowest BCUT2D eigenvalue weighted by Crippen LogP contribution is -2.29. The minimum absolute atomic E-state index is 0.00154. The predicted octanol–water partition coefficient (Wildman–Crippen LogP) is 2.02. The van der Waals surface area contributed by atoms with Crippen LogP contribution in [0, 0.1) is 6.92 Å². The highest BCUT2D eigenvalue weighted by Gasteiger charge is 2.23. The van der Waals surface area contributed by atoms with E-state index in [1.54, 1.807) is 6.92 Å². The Morgan fingerprint density at radius 3 is 2.22 bits per heavy atom. The Hall–Kier alpha value is -4.13. The van der Waals surface area contributed by atoms with Crippen molar-refractivity contribution in [2.75, 3.05) is 17.3 Å². The molecule has 0 saturated heterocycles. The summed E-state index contributed by atoms with van der Waals surface area (Å²) in [7, 11) is 0. The molecule has 2 aromatic rings. The number of aromatic carboxylic acids is 2. The number of hydrogen-bond acceptors (Lipinski definition) is 10. The van der Waals surface area contributed by atoms with Gasteiger partial charge in [0.1, 0.15) is 4.88 Å². The second kappa shape index (κ2) is 10.3. The quantitative estimate of drug-likeness (QED) is 0.186. The molecule has 1 aromatic heterocycles. The normalized spacial score (nSPS) is 10.9. The first kappa shape index (κ1) is 24.1. The van der Waals surface area contributed by atoms with Crippen molar-refractivity contribution in [3.8, 4) is 0 Å². The number of hydrazone groups is 1. The first-order valence-corrected chi connectivity index (χ1v) is 9.78. The zero-order chi connectivity index (χ0) is 24.0. The molecule has 32 heavy (non-hydrogen) atoms. The number of ether oxygens (including phenoxy) is 1. The number of ketones is 1. The van der Waals surface area contributed by atoms with Crippen LogP contribution in [0.1, 0.15) is 49.9 Å². The van der Waals surface area contributed by atoms with Crippen LogP contribution in [0.5, 0.6) is 0 Å². The summed E-state index contributed by atoms with van der Waals surface area (Å²) in [5.41, 5.74) is 0.576. The van der Waals surface area contributed by atoms with E-state index in [-0.39, 0.29) is 16.6 Å². The first-order chi connectivity index (χ1) is 15.1. The Balaban J connectivity index is 2.34. The maximum absolute atomic E-state index is 12.5. The maximum Gasteiger partial charge on any atom is 0.350 e. The summed E-state index contributed by atoms with van der Waals surface area (Å²) in [6, 6.07) is 3.50. The molecule has 0 fully saturated rings. The van der Waals surface area contributed by atoms with E-state index in [1.807, 2.05) is 0 Å². The Bertz CT molecular complexity index is 1110. The number of nitrogens with one attached hydrogen (secondary N) is 2. The second-order valence-electron chi connectivity index (χ2n) is 6.07. The summed E-state index contributed by atoms with van der Waals surface area (Å²) in [6.45, 7) is 4.37. The molecule has 1 aromatic carbocycles. The molecule has 4 N–H and O–H groups in total. The third-order valence-electron chi connectivity index (χ3n) is 3.83. The van der Waals surface area contributed by atoms with Crippen LogP contribution in [-0.4, -0.2) is 57.1 Å². The summed E-state index contributed by atoms with van der Waals surface area (Å²) in [5.74, 6) is -5.29. The average molecular weight is 462 g/mol. The SMILES string of the molecule is CCOC(=O)c1sc(NC(=O)/C(=N/Nc2c(C(=O)O)cccc2C(=O)O)C(C)=O)nc1C. The molecule has 0 saturated carbocycles. The molecule has 12 nitrogen and oxygen atoms in total. The van der Waals surface area contributed by atoms with Crippen molar-refractivity contribution in [1.82, 2.24) is 4.98 Å². The number of esters is 1. The minimum Gasteiger partial charge on any atom is -0.478 e. The average Bonchev–Trinajstić information content (AvgIpc) is 3.07. The molecule has 0 unspecified atom stereocenters. The molecule has 0 bridgehead atoms. The van der Waals surface area contributed by atoms with Gasteiger partial charge < -0.3 is 14.9 Å². The number of thiazole rings is 1. The topological polar surface area (TPSA) is 184 Å². The molecule has 168 valence electrons. The fourth-order valence-corrected chi connectivity index (χ4v) is 3.28. The van der Waals surface area contributed by atoms with Gasteiger partial charge in [0.15, 0.2) is 16.6 Å². The Kier molecular flexibility index (Phi) is 7.74. The van der Waals surface area contributed by atoms with Gasteiger partial charge in [0, 0.05) is 6.92 Å². The van der Waals surface area contributed by atoms with E-state index < -0.39 is 52.1 Å². The van der Waals surface area contributed by atoms with Gasteiger partial charge in [0.25, 0.3) is 5.91 Å². The van der Waals surface area contributed by atoms with Crippen LogP contribution in [0.2, 0.25) is 0 Å².